The van der Waals surface area contributed by atoms with E-state index in [4.69, 9.17) is 0 Å². The van der Waals surface area contributed by atoms with Crippen LogP contribution in [-0.4, -0.2) is 16.5 Å². The number of hydrogen-bond acceptors (Lipinski definition) is 2. The number of halogens is 1. The molecule has 0 heterocycles. The number of ketones is 1. The lowest BCUT2D eigenvalue weighted by atomic mass is 9.75. The number of hydrogen-bond donors (Lipinski definition) is 1. The van der Waals surface area contributed by atoms with Gasteiger partial charge in [0.05, 0.1) is 5.56 Å². The van der Waals surface area contributed by atoms with Crippen molar-refractivity contribution in [1.82, 2.24) is 0 Å². The van der Waals surface area contributed by atoms with Crippen molar-refractivity contribution in [3.8, 4) is 0 Å². The van der Waals surface area contributed by atoms with Crippen molar-refractivity contribution in [2.45, 2.75) is 45.1 Å². The molecule has 1 aliphatic rings. The summed E-state index contributed by atoms with van der Waals surface area (Å²) in [5, 5.41) is 10.4. The molecule has 0 bridgehead atoms. The molecule has 0 amide bonds. The van der Waals surface area contributed by atoms with Gasteiger partial charge in [-0.15, -0.1) is 0 Å². The molecule has 0 aliphatic heterocycles. The second-order valence-electron chi connectivity index (χ2n) is 5.53. The maximum atomic E-state index is 13.7. The molecule has 0 radical (unpaired) electrons. The Morgan fingerprint density at radius 3 is 2.61 bits per heavy atom. The Morgan fingerprint density at radius 1 is 1.39 bits per heavy atom. The number of carbonyl (C=O) groups is 1. The Kier molecular flexibility index (Phi) is 3.53. The zero-order chi connectivity index (χ0) is 13.3. The summed E-state index contributed by atoms with van der Waals surface area (Å²) in [4.78, 5) is 12.3. The first-order chi connectivity index (χ1) is 8.42. The van der Waals surface area contributed by atoms with Gasteiger partial charge in [-0.05, 0) is 50.7 Å². The monoisotopic (exact) mass is 250 g/mol. The van der Waals surface area contributed by atoms with Crippen LogP contribution in [0.3, 0.4) is 0 Å². The second-order valence-corrected chi connectivity index (χ2v) is 5.53. The zero-order valence-electron chi connectivity index (χ0n) is 10.9. The Morgan fingerprint density at radius 2 is 2.00 bits per heavy atom. The summed E-state index contributed by atoms with van der Waals surface area (Å²) in [7, 11) is 0. The number of Topliss-reactive ketones (excluding diaryl/α,β-unsaturated/α-hetero) is 1. The lowest BCUT2D eigenvalue weighted by molar-refractivity contribution is 0.00391. The topological polar surface area (TPSA) is 37.3 Å². The summed E-state index contributed by atoms with van der Waals surface area (Å²) >= 11 is 0. The third-order valence-corrected chi connectivity index (χ3v) is 3.89. The molecule has 2 nitrogen and oxygen atoms in total. The normalized spacial score (nSPS) is 28.1. The van der Waals surface area contributed by atoms with Crippen LogP contribution in [0.15, 0.2) is 18.2 Å². The molecule has 1 fully saturated rings. The molecule has 0 atom stereocenters. The Hall–Kier alpha value is -1.22. The lowest BCUT2D eigenvalue weighted by Gasteiger charge is -2.33. The number of rotatable bonds is 2. The second kappa shape index (κ2) is 4.81. The number of aliphatic hydroxyl groups is 1. The van der Waals surface area contributed by atoms with E-state index in [2.05, 4.69) is 6.92 Å². The molecule has 1 saturated carbocycles. The fraction of sp³-hybridized carbons (Fsp3) is 0.533. The highest BCUT2D eigenvalue weighted by Crippen LogP contribution is 2.34. The van der Waals surface area contributed by atoms with Gasteiger partial charge in [0.15, 0.2) is 5.78 Å². The zero-order valence-corrected chi connectivity index (χ0v) is 10.9. The summed E-state index contributed by atoms with van der Waals surface area (Å²) < 4.78 is 13.7. The van der Waals surface area contributed by atoms with Crippen LogP contribution < -0.4 is 0 Å². The first kappa shape index (κ1) is 13.2. The van der Waals surface area contributed by atoms with E-state index in [1.54, 1.807) is 6.07 Å². The van der Waals surface area contributed by atoms with Crippen molar-refractivity contribution in [3.05, 3.63) is 35.1 Å². The SMILES string of the molecule is Cc1ccc(F)c(C(=O)C2(O)CCC(C)CC2)c1. The first-order valence-corrected chi connectivity index (χ1v) is 6.46. The van der Waals surface area contributed by atoms with Gasteiger partial charge in [-0.1, -0.05) is 18.6 Å². The van der Waals surface area contributed by atoms with Crippen molar-refractivity contribution in [3.63, 3.8) is 0 Å². The molecule has 1 aliphatic carbocycles. The summed E-state index contributed by atoms with van der Waals surface area (Å²) in [6, 6.07) is 4.43. The van der Waals surface area contributed by atoms with E-state index in [9.17, 15) is 14.3 Å². The molecule has 0 unspecified atom stereocenters. The van der Waals surface area contributed by atoms with Crippen LogP contribution in [0.2, 0.25) is 0 Å². The van der Waals surface area contributed by atoms with Gasteiger partial charge in [-0.2, -0.15) is 0 Å². The average molecular weight is 250 g/mol. The fourth-order valence-electron chi connectivity index (χ4n) is 2.53. The smallest absolute Gasteiger partial charge is 0.197 e. The van der Waals surface area contributed by atoms with Gasteiger partial charge in [0, 0.05) is 0 Å². The molecule has 2 rings (SSSR count). The van der Waals surface area contributed by atoms with E-state index in [0.717, 1.165) is 18.4 Å². The number of aryl methyl sites for hydroxylation is 1. The largest absolute Gasteiger partial charge is 0.382 e. The predicted octanol–water partition coefficient (Wildman–Crippen LogP) is 3.26. The van der Waals surface area contributed by atoms with Gasteiger partial charge >= 0.3 is 0 Å². The highest BCUT2D eigenvalue weighted by Gasteiger charge is 2.40. The molecule has 0 aromatic heterocycles. The molecular formula is C15H19FO2. The van der Waals surface area contributed by atoms with E-state index >= 15 is 0 Å². The lowest BCUT2D eigenvalue weighted by Crippen LogP contribution is -2.42. The standard InChI is InChI=1S/C15H19FO2/c1-10-5-7-15(18,8-6-10)14(17)12-9-11(2)3-4-13(12)16/h3-4,9-10,18H,5-8H2,1-2H3. The van der Waals surface area contributed by atoms with E-state index < -0.39 is 17.2 Å². The van der Waals surface area contributed by atoms with Gasteiger partial charge < -0.3 is 5.11 Å². The minimum atomic E-state index is -1.37. The summed E-state index contributed by atoms with van der Waals surface area (Å²) in [6.07, 6.45) is 2.49. The third kappa shape index (κ3) is 2.46. The maximum Gasteiger partial charge on any atom is 0.197 e. The van der Waals surface area contributed by atoms with Crippen LogP contribution in [0.5, 0.6) is 0 Å². The highest BCUT2D eigenvalue weighted by molar-refractivity contribution is 6.02. The van der Waals surface area contributed by atoms with E-state index in [1.165, 1.54) is 12.1 Å². The third-order valence-electron chi connectivity index (χ3n) is 3.89. The fourth-order valence-corrected chi connectivity index (χ4v) is 2.53. The highest BCUT2D eigenvalue weighted by atomic mass is 19.1. The van der Waals surface area contributed by atoms with Gasteiger partial charge in [0.25, 0.3) is 0 Å². The number of carbonyl (C=O) groups excluding carboxylic acids is 1. The summed E-state index contributed by atoms with van der Waals surface area (Å²) in [5.41, 5.74) is -0.527. The molecule has 1 aromatic carbocycles. The van der Waals surface area contributed by atoms with Crippen LogP contribution >= 0.6 is 0 Å². The van der Waals surface area contributed by atoms with Crippen molar-refractivity contribution in [2.24, 2.45) is 5.92 Å². The summed E-state index contributed by atoms with van der Waals surface area (Å²) in [6.45, 7) is 3.92. The molecule has 1 N–H and O–H groups in total. The molecule has 98 valence electrons. The molecule has 1 aromatic rings. The minimum absolute atomic E-state index is 0.0204. The summed E-state index contributed by atoms with van der Waals surface area (Å²) in [5.74, 6) is -0.478. The molecular weight excluding hydrogens is 231 g/mol. The average Bonchev–Trinajstić information content (AvgIpc) is 2.35. The minimum Gasteiger partial charge on any atom is -0.382 e. The van der Waals surface area contributed by atoms with Crippen LogP contribution in [0.1, 0.15) is 48.5 Å². The maximum absolute atomic E-state index is 13.7. The Labute approximate surface area is 107 Å². The van der Waals surface area contributed by atoms with E-state index in [1.807, 2.05) is 6.92 Å². The van der Waals surface area contributed by atoms with Gasteiger partial charge in [-0.3, -0.25) is 4.79 Å². The molecule has 3 heteroatoms. The van der Waals surface area contributed by atoms with Crippen molar-refractivity contribution in [1.29, 1.82) is 0 Å². The van der Waals surface area contributed by atoms with Crippen molar-refractivity contribution in [2.75, 3.05) is 0 Å². The number of benzene rings is 1. The Balaban J connectivity index is 2.28. The quantitative estimate of drug-likeness (QED) is 0.818. The van der Waals surface area contributed by atoms with Gasteiger partial charge in [0.1, 0.15) is 11.4 Å². The van der Waals surface area contributed by atoms with E-state index in [-0.39, 0.29) is 5.56 Å². The first-order valence-electron chi connectivity index (χ1n) is 6.46. The molecule has 0 spiro atoms. The van der Waals surface area contributed by atoms with Gasteiger partial charge in [0.2, 0.25) is 0 Å². The predicted molar refractivity (Wildman–Crippen MR) is 68.0 cm³/mol. The molecule has 0 saturated heterocycles. The van der Waals surface area contributed by atoms with Crippen LogP contribution in [-0.2, 0) is 0 Å². The van der Waals surface area contributed by atoms with Crippen molar-refractivity contribution >= 4 is 5.78 Å². The Bertz CT molecular complexity index is 460. The van der Waals surface area contributed by atoms with Gasteiger partial charge in [-0.25, -0.2) is 4.39 Å². The van der Waals surface area contributed by atoms with Crippen LogP contribution in [0.25, 0.3) is 0 Å². The van der Waals surface area contributed by atoms with Crippen LogP contribution in [0, 0.1) is 18.7 Å². The van der Waals surface area contributed by atoms with E-state index in [0.29, 0.717) is 18.8 Å². The van der Waals surface area contributed by atoms with Crippen LogP contribution in [0.4, 0.5) is 4.39 Å². The molecule has 18 heavy (non-hydrogen) atoms. The van der Waals surface area contributed by atoms with Crippen molar-refractivity contribution < 1.29 is 14.3 Å².